The first-order valence-electron chi connectivity index (χ1n) is 8.79. The second-order valence-electron chi connectivity index (χ2n) is 6.74. The summed E-state index contributed by atoms with van der Waals surface area (Å²) in [7, 11) is 0. The Morgan fingerprint density at radius 3 is 2.27 bits per heavy atom. The highest BCUT2D eigenvalue weighted by atomic mass is 19.1. The van der Waals surface area contributed by atoms with Crippen LogP contribution in [0.15, 0.2) is 48.5 Å². The van der Waals surface area contributed by atoms with Crippen LogP contribution in [-0.4, -0.2) is 24.0 Å². The molecule has 0 aromatic heterocycles. The first-order valence-corrected chi connectivity index (χ1v) is 8.79. The van der Waals surface area contributed by atoms with E-state index in [-0.39, 0.29) is 31.1 Å². The van der Waals surface area contributed by atoms with Gasteiger partial charge in [-0.2, -0.15) is 0 Å². The van der Waals surface area contributed by atoms with Gasteiger partial charge in [-0.1, -0.05) is 36.4 Å². The van der Waals surface area contributed by atoms with Crippen molar-refractivity contribution in [1.29, 1.82) is 0 Å². The topological polar surface area (TPSA) is 52.6 Å². The molecule has 0 radical (unpaired) electrons. The van der Waals surface area contributed by atoms with Crippen LogP contribution >= 0.6 is 0 Å². The van der Waals surface area contributed by atoms with Gasteiger partial charge in [0.05, 0.1) is 12.5 Å². The average Bonchev–Trinajstić information content (AvgIpc) is 3.35. The molecule has 4 rings (SSSR count). The number of hydrogen-bond donors (Lipinski definition) is 0. The van der Waals surface area contributed by atoms with Gasteiger partial charge < -0.3 is 9.47 Å². The standard InChI is InChI=1S/C21H19FO4/c1-2-25-20(24)21(22)12-16(21)17(23)11-15-13-7-3-5-9-18(13)26-19-10-6-4-8-14(15)19/h3-10,15-16H,2,11-12H2,1H3. The number of benzene rings is 2. The van der Waals surface area contributed by atoms with Gasteiger partial charge in [0.15, 0.2) is 0 Å². The fourth-order valence-corrected chi connectivity index (χ4v) is 3.66. The number of para-hydroxylation sites is 2. The van der Waals surface area contributed by atoms with Crippen molar-refractivity contribution in [3.8, 4) is 11.5 Å². The van der Waals surface area contributed by atoms with E-state index in [0.717, 1.165) is 11.1 Å². The molecule has 5 heteroatoms. The van der Waals surface area contributed by atoms with Crippen LogP contribution in [0.25, 0.3) is 0 Å². The van der Waals surface area contributed by atoms with Crippen LogP contribution in [0.2, 0.25) is 0 Å². The Kier molecular flexibility index (Phi) is 4.02. The largest absolute Gasteiger partial charge is 0.464 e. The van der Waals surface area contributed by atoms with Gasteiger partial charge in [0, 0.05) is 29.9 Å². The summed E-state index contributed by atoms with van der Waals surface area (Å²) < 4.78 is 25.3. The second kappa shape index (κ2) is 6.24. The Bertz CT molecular complexity index is 832. The average molecular weight is 354 g/mol. The molecule has 0 saturated heterocycles. The Morgan fingerprint density at radius 1 is 1.12 bits per heavy atom. The lowest BCUT2D eigenvalue weighted by molar-refractivity contribution is -0.152. The minimum absolute atomic E-state index is 0.0861. The molecule has 2 aromatic carbocycles. The maximum atomic E-state index is 14.6. The quantitative estimate of drug-likeness (QED) is 0.756. The van der Waals surface area contributed by atoms with Crippen molar-refractivity contribution in [2.24, 2.45) is 5.92 Å². The van der Waals surface area contributed by atoms with Crippen LogP contribution < -0.4 is 4.74 Å². The number of esters is 1. The molecule has 1 saturated carbocycles. The Labute approximate surface area is 150 Å². The van der Waals surface area contributed by atoms with Crippen LogP contribution in [-0.2, 0) is 14.3 Å². The van der Waals surface area contributed by atoms with Gasteiger partial charge in [-0.05, 0) is 19.1 Å². The van der Waals surface area contributed by atoms with E-state index in [9.17, 15) is 14.0 Å². The number of halogens is 1. The van der Waals surface area contributed by atoms with Crippen molar-refractivity contribution in [2.75, 3.05) is 6.61 Å². The molecule has 0 amide bonds. The van der Waals surface area contributed by atoms with E-state index in [2.05, 4.69) is 0 Å². The van der Waals surface area contributed by atoms with Crippen LogP contribution in [0.3, 0.4) is 0 Å². The number of rotatable bonds is 5. The third kappa shape index (κ3) is 2.68. The summed E-state index contributed by atoms with van der Waals surface area (Å²) in [6.45, 7) is 1.72. The predicted molar refractivity (Wildman–Crippen MR) is 93.0 cm³/mol. The van der Waals surface area contributed by atoms with Crippen LogP contribution in [0.1, 0.15) is 36.8 Å². The fourth-order valence-electron chi connectivity index (χ4n) is 3.66. The molecule has 134 valence electrons. The summed E-state index contributed by atoms with van der Waals surface area (Å²) in [5, 5.41) is 0. The smallest absolute Gasteiger partial charge is 0.344 e. The molecular weight excluding hydrogens is 335 g/mol. The molecule has 2 atom stereocenters. The SMILES string of the molecule is CCOC(=O)C1(F)CC1C(=O)CC1c2ccccc2Oc2ccccc21. The molecule has 4 nitrogen and oxygen atoms in total. The highest BCUT2D eigenvalue weighted by Crippen LogP contribution is 2.52. The maximum Gasteiger partial charge on any atom is 0.344 e. The third-order valence-corrected chi connectivity index (χ3v) is 5.11. The van der Waals surface area contributed by atoms with Crippen molar-refractivity contribution < 1.29 is 23.5 Å². The maximum absolute atomic E-state index is 14.6. The monoisotopic (exact) mass is 354 g/mol. The summed E-state index contributed by atoms with van der Waals surface area (Å²) in [6.07, 6.45) is 0.0459. The highest BCUT2D eigenvalue weighted by Gasteiger charge is 2.66. The van der Waals surface area contributed by atoms with Crippen molar-refractivity contribution >= 4 is 11.8 Å². The van der Waals surface area contributed by atoms with E-state index in [1.807, 2.05) is 48.5 Å². The first-order chi connectivity index (χ1) is 12.5. The van der Waals surface area contributed by atoms with Gasteiger partial charge in [0.25, 0.3) is 0 Å². The number of carbonyl (C=O) groups excluding carboxylic acids is 2. The lowest BCUT2D eigenvalue weighted by atomic mass is 9.83. The molecule has 1 aliphatic heterocycles. The van der Waals surface area contributed by atoms with Crippen LogP contribution in [0.4, 0.5) is 4.39 Å². The van der Waals surface area contributed by atoms with Crippen molar-refractivity contribution in [1.82, 2.24) is 0 Å². The van der Waals surface area contributed by atoms with E-state index < -0.39 is 17.6 Å². The highest BCUT2D eigenvalue weighted by molar-refractivity contribution is 5.97. The summed E-state index contributed by atoms with van der Waals surface area (Å²) in [5.41, 5.74) is -0.348. The lowest BCUT2D eigenvalue weighted by Gasteiger charge is -2.27. The van der Waals surface area contributed by atoms with Gasteiger partial charge in [0.2, 0.25) is 5.67 Å². The minimum atomic E-state index is -2.16. The summed E-state index contributed by atoms with van der Waals surface area (Å²) >= 11 is 0. The van der Waals surface area contributed by atoms with E-state index in [4.69, 9.17) is 9.47 Å². The Balaban J connectivity index is 1.59. The van der Waals surface area contributed by atoms with Gasteiger partial charge in [-0.15, -0.1) is 0 Å². The molecule has 2 aromatic rings. The number of alkyl halides is 1. The van der Waals surface area contributed by atoms with Gasteiger partial charge in [0.1, 0.15) is 17.3 Å². The number of Topliss-reactive ketones (excluding diaryl/α,β-unsaturated/α-hetero) is 1. The third-order valence-electron chi connectivity index (χ3n) is 5.11. The second-order valence-corrected chi connectivity index (χ2v) is 6.74. The molecule has 0 N–H and O–H groups in total. The van der Waals surface area contributed by atoms with E-state index >= 15 is 0 Å². The molecule has 1 heterocycles. The number of hydrogen-bond acceptors (Lipinski definition) is 4. The number of carbonyl (C=O) groups is 2. The number of ether oxygens (including phenoxy) is 2. The van der Waals surface area contributed by atoms with Crippen LogP contribution in [0, 0.1) is 5.92 Å². The zero-order valence-corrected chi connectivity index (χ0v) is 14.4. The van der Waals surface area contributed by atoms with Crippen LogP contribution in [0.5, 0.6) is 11.5 Å². The van der Waals surface area contributed by atoms with Crippen molar-refractivity contribution in [2.45, 2.75) is 31.4 Å². The van der Waals surface area contributed by atoms with Gasteiger partial charge >= 0.3 is 5.97 Å². The molecule has 2 aliphatic rings. The molecular formula is C21H19FO4. The number of ketones is 1. The summed E-state index contributed by atoms with van der Waals surface area (Å²) in [6, 6.07) is 15.1. The van der Waals surface area contributed by atoms with E-state index in [1.165, 1.54) is 0 Å². The zero-order chi connectivity index (χ0) is 18.3. The molecule has 0 bridgehead atoms. The molecule has 2 unspecified atom stereocenters. The molecule has 1 aliphatic carbocycles. The van der Waals surface area contributed by atoms with Gasteiger partial charge in [-0.3, -0.25) is 4.79 Å². The predicted octanol–water partition coefficient (Wildman–Crippen LogP) is 4.17. The Hall–Kier alpha value is -2.69. The molecule has 0 spiro atoms. The lowest BCUT2D eigenvalue weighted by Crippen LogP contribution is -2.26. The van der Waals surface area contributed by atoms with E-state index in [1.54, 1.807) is 6.92 Å². The fraction of sp³-hybridized carbons (Fsp3) is 0.333. The normalized spacial score (nSPS) is 23.4. The summed E-state index contributed by atoms with van der Waals surface area (Å²) in [5.74, 6) is -0.893. The first kappa shape index (κ1) is 16.8. The van der Waals surface area contributed by atoms with Crippen molar-refractivity contribution in [3.63, 3.8) is 0 Å². The summed E-state index contributed by atoms with van der Waals surface area (Å²) in [4.78, 5) is 24.5. The molecule has 1 fully saturated rings. The zero-order valence-electron chi connectivity index (χ0n) is 14.4. The van der Waals surface area contributed by atoms with Gasteiger partial charge in [-0.25, -0.2) is 9.18 Å². The minimum Gasteiger partial charge on any atom is -0.464 e. The van der Waals surface area contributed by atoms with Crippen molar-refractivity contribution in [3.05, 3.63) is 59.7 Å². The van der Waals surface area contributed by atoms with E-state index in [0.29, 0.717) is 11.5 Å². The Morgan fingerprint density at radius 2 is 1.69 bits per heavy atom. The number of fused-ring (bicyclic) bond motifs is 2. The molecule has 26 heavy (non-hydrogen) atoms.